The number of benzene rings is 2. The Morgan fingerprint density at radius 2 is 1.59 bits per heavy atom. The van der Waals surface area contributed by atoms with Gasteiger partial charge in [-0.1, -0.05) is 6.08 Å². The number of hydrogen-bond donors (Lipinski definition) is 2. The molecule has 5 rings (SSSR count). The molecule has 166 valence electrons. The van der Waals surface area contributed by atoms with Gasteiger partial charge in [-0.3, -0.25) is 4.90 Å². The van der Waals surface area contributed by atoms with Gasteiger partial charge in [-0.25, -0.2) is 0 Å². The van der Waals surface area contributed by atoms with E-state index >= 15 is 0 Å². The first-order valence-corrected chi connectivity index (χ1v) is 11.5. The Morgan fingerprint density at radius 1 is 0.875 bits per heavy atom. The lowest BCUT2D eigenvalue weighted by atomic mass is 9.98. The van der Waals surface area contributed by atoms with Crippen LogP contribution in [0.2, 0.25) is 0 Å². The molecule has 0 unspecified atom stereocenters. The summed E-state index contributed by atoms with van der Waals surface area (Å²) >= 11 is 0. The van der Waals surface area contributed by atoms with Crippen LogP contribution in [-0.4, -0.2) is 48.7 Å². The number of nitrogens with one attached hydrogen (secondary N) is 2. The van der Waals surface area contributed by atoms with E-state index in [4.69, 9.17) is 9.47 Å². The van der Waals surface area contributed by atoms with Crippen LogP contribution in [0.4, 0.5) is 0 Å². The molecule has 2 aromatic heterocycles. The van der Waals surface area contributed by atoms with Crippen LogP contribution in [-0.2, 0) is 6.42 Å². The summed E-state index contributed by atoms with van der Waals surface area (Å²) in [6.45, 7) is 3.29. The molecule has 32 heavy (non-hydrogen) atoms. The lowest BCUT2D eigenvalue weighted by molar-refractivity contribution is 0.295. The number of fused-ring (bicyclic) bond motifs is 2. The Hall–Kier alpha value is -3.18. The number of methoxy groups -OCH3 is 2. The Labute approximate surface area is 189 Å². The number of aromatic amines is 2. The molecule has 0 fully saturated rings. The molecule has 5 nitrogen and oxygen atoms in total. The van der Waals surface area contributed by atoms with Gasteiger partial charge in [-0.05, 0) is 79.8 Å². The topological polar surface area (TPSA) is 53.3 Å². The van der Waals surface area contributed by atoms with Crippen molar-refractivity contribution in [3.05, 3.63) is 66.0 Å². The lowest BCUT2D eigenvalue weighted by Crippen LogP contribution is -2.29. The van der Waals surface area contributed by atoms with Crippen LogP contribution in [0.15, 0.2) is 54.9 Å². The van der Waals surface area contributed by atoms with E-state index in [0.717, 1.165) is 44.0 Å². The molecule has 0 saturated heterocycles. The molecule has 0 saturated carbocycles. The number of H-pyrrole nitrogens is 2. The third kappa shape index (κ3) is 4.13. The van der Waals surface area contributed by atoms with Gasteiger partial charge in [-0.2, -0.15) is 0 Å². The summed E-state index contributed by atoms with van der Waals surface area (Å²) in [5, 5.41) is 2.53. The number of ether oxygens (including phenoxy) is 2. The predicted molar refractivity (Wildman–Crippen MR) is 132 cm³/mol. The first-order valence-electron chi connectivity index (χ1n) is 11.5. The third-order valence-electron chi connectivity index (χ3n) is 6.67. The minimum Gasteiger partial charge on any atom is -0.497 e. The Kier molecular flexibility index (Phi) is 5.91. The van der Waals surface area contributed by atoms with E-state index in [1.807, 2.05) is 12.1 Å². The highest BCUT2D eigenvalue weighted by atomic mass is 16.5. The van der Waals surface area contributed by atoms with E-state index in [9.17, 15) is 0 Å². The molecular formula is C27H31N3O2. The van der Waals surface area contributed by atoms with Crippen LogP contribution in [0.3, 0.4) is 0 Å². The second kappa shape index (κ2) is 9.13. The summed E-state index contributed by atoms with van der Waals surface area (Å²) < 4.78 is 10.8. The monoisotopic (exact) mass is 429 g/mol. The molecule has 0 aliphatic carbocycles. The van der Waals surface area contributed by atoms with Gasteiger partial charge in [0.05, 0.1) is 14.2 Å². The van der Waals surface area contributed by atoms with E-state index < -0.39 is 0 Å². The number of aromatic nitrogens is 2. The van der Waals surface area contributed by atoms with Crippen molar-refractivity contribution in [2.75, 3.05) is 33.9 Å². The second-order valence-corrected chi connectivity index (χ2v) is 8.58. The summed E-state index contributed by atoms with van der Waals surface area (Å²) in [5.74, 6) is 1.83. The molecule has 3 heterocycles. The Bertz CT molecular complexity index is 1250. The van der Waals surface area contributed by atoms with Gasteiger partial charge in [-0.15, -0.1) is 0 Å². The van der Waals surface area contributed by atoms with Crippen LogP contribution in [0.5, 0.6) is 11.5 Å². The lowest BCUT2D eigenvalue weighted by Gasteiger charge is -2.26. The van der Waals surface area contributed by atoms with E-state index in [-0.39, 0.29) is 0 Å². The fourth-order valence-corrected chi connectivity index (χ4v) is 4.79. The van der Waals surface area contributed by atoms with Gasteiger partial charge >= 0.3 is 0 Å². The molecule has 0 spiro atoms. The molecule has 1 aliphatic heterocycles. The first-order chi connectivity index (χ1) is 15.7. The van der Waals surface area contributed by atoms with E-state index in [0.29, 0.717) is 0 Å². The summed E-state index contributed by atoms with van der Waals surface area (Å²) in [5.41, 5.74) is 6.49. The highest BCUT2D eigenvalue weighted by Gasteiger charge is 2.16. The van der Waals surface area contributed by atoms with Crippen LogP contribution < -0.4 is 9.47 Å². The Balaban J connectivity index is 1.16. The summed E-state index contributed by atoms with van der Waals surface area (Å²) in [6, 6.07) is 12.5. The van der Waals surface area contributed by atoms with Gasteiger partial charge in [0.15, 0.2) is 0 Å². The second-order valence-electron chi connectivity index (χ2n) is 8.58. The normalized spacial score (nSPS) is 14.8. The smallest absolute Gasteiger partial charge is 0.119 e. The molecule has 1 aliphatic rings. The van der Waals surface area contributed by atoms with E-state index in [2.05, 4.69) is 57.6 Å². The van der Waals surface area contributed by atoms with Crippen molar-refractivity contribution in [3.63, 3.8) is 0 Å². The van der Waals surface area contributed by atoms with Crippen molar-refractivity contribution >= 4 is 27.4 Å². The van der Waals surface area contributed by atoms with Crippen LogP contribution in [0.1, 0.15) is 30.4 Å². The highest BCUT2D eigenvalue weighted by molar-refractivity contribution is 5.93. The maximum atomic E-state index is 5.42. The molecule has 0 radical (unpaired) electrons. The molecule has 0 atom stereocenters. The van der Waals surface area contributed by atoms with Gasteiger partial charge in [0.25, 0.3) is 0 Å². The molecule has 0 bridgehead atoms. The quantitative estimate of drug-likeness (QED) is 0.349. The maximum Gasteiger partial charge on any atom is 0.119 e. The molecular weight excluding hydrogens is 398 g/mol. The summed E-state index contributed by atoms with van der Waals surface area (Å²) in [4.78, 5) is 9.35. The van der Waals surface area contributed by atoms with E-state index in [1.165, 1.54) is 51.3 Å². The number of aryl methyl sites for hydroxylation is 1. The van der Waals surface area contributed by atoms with Gasteiger partial charge in [0.1, 0.15) is 11.5 Å². The van der Waals surface area contributed by atoms with Gasteiger partial charge in [0, 0.05) is 52.9 Å². The minimum absolute atomic E-state index is 0.907. The van der Waals surface area contributed by atoms with Crippen LogP contribution in [0.25, 0.3) is 27.4 Å². The summed E-state index contributed by atoms with van der Waals surface area (Å²) in [7, 11) is 3.45. The molecule has 2 aromatic carbocycles. The van der Waals surface area contributed by atoms with Crippen molar-refractivity contribution < 1.29 is 9.47 Å². The number of hydrogen-bond acceptors (Lipinski definition) is 3. The van der Waals surface area contributed by atoms with Gasteiger partial charge < -0.3 is 19.4 Å². The van der Waals surface area contributed by atoms with Crippen molar-refractivity contribution in [2.24, 2.45) is 0 Å². The molecule has 4 aromatic rings. The zero-order valence-electron chi connectivity index (χ0n) is 18.9. The predicted octanol–water partition coefficient (Wildman–Crippen LogP) is 5.78. The SMILES string of the molecule is COc1ccc2[nH]cc(CCCCN3CC=C(c4c[nH]c5ccc(OC)cc45)CC3)c2c1. The fourth-order valence-electron chi connectivity index (χ4n) is 4.79. The standard InChI is InChI=1S/C27H31N3O2/c1-31-21-6-8-26-23(15-21)20(17-28-26)5-3-4-12-30-13-10-19(11-14-30)25-18-29-27-9-7-22(32-2)16-24(25)27/h6-10,15-18,28-29H,3-5,11-14H2,1-2H3. The largest absolute Gasteiger partial charge is 0.497 e. The maximum absolute atomic E-state index is 5.42. The minimum atomic E-state index is 0.907. The molecule has 2 N–H and O–H groups in total. The van der Waals surface area contributed by atoms with Gasteiger partial charge in [0.2, 0.25) is 0 Å². The number of rotatable bonds is 8. The number of unbranched alkanes of at least 4 members (excludes halogenated alkanes) is 1. The summed E-state index contributed by atoms with van der Waals surface area (Å²) in [6.07, 6.45) is 11.3. The van der Waals surface area contributed by atoms with Crippen LogP contribution >= 0.6 is 0 Å². The van der Waals surface area contributed by atoms with E-state index in [1.54, 1.807) is 14.2 Å². The van der Waals surface area contributed by atoms with Crippen molar-refractivity contribution in [3.8, 4) is 11.5 Å². The molecule has 5 heteroatoms. The van der Waals surface area contributed by atoms with Crippen molar-refractivity contribution in [2.45, 2.75) is 25.7 Å². The Morgan fingerprint density at radius 3 is 2.31 bits per heavy atom. The van der Waals surface area contributed by atoms with Crippen LogP contribution in [0, 0.1) is 0 Å². The zero-order valence-corrected chi connectivity index (χ0v) is 18.9. The average Bonchev–Trinajstić information content (AvgIpc) is 3.45. The fraction of sp³-hybridized carbons (Fsp3) is 0.333. The molecule has 0 amide bonds. The zero-order chi connectivity index (χ0) is 21.9. The highest BCUT2D eigenvalue weighted by Crippen LogP contribution is 2.31. The average molecular weight is 430 g/mol. The number of nitrogens with zero attached hydrogens (tertiary/aromatic N) is 1. The van der Waals surface area contributed by atoms with Crippen molar-refractivity contribution in [1.82, 2.24) is 14.9 Å². The first kappa shape index (κ1) is 20.7. The third-order valence-corrected chi connectivity index (χ3v) is 6.67. The van der Waals surface area contributed by atoms with Crippen molar-refractivity contribution in [1.29, 1.82) is 0 Å².